The average molecular weight is 232 g/mol. The van der Waals surface area contributed by atoms with E-state index in [4.69, 9.17) is 11.6 Å². The zero-order valence-electron chi connectivity index (χ0n) is 8.13. The standard InChI is InChI=1S/C10H14ClNOS/c1-3-8-12-14(2,13)10-6-4-9(11)5-7-10/h4-7H,2-3,8H2,1H3,(H,12,13). The Morgan fingerprint density at radius 3 is 2.50 bits per heavy atom. The third-order valence-electron chi connectivity index (χ3n) is 1.78. The molecule has 4 heteroatoms. The van der Waals surface area contributed by atoms with Crippen LogP contribution in [0.4, 0.5) is 0 Å². The van der Waals surface area contributed by atoms with Crippen molar-refractivity contribution in [2.75, 3.05) is 6.54 Å². The second-order valence-electron chi connectivity index (χ2n) is 3.02. The molecule has 0 saturated heterocycles. The molecular formula is C10H14ClNOS. The minimum Gasteiger partial charge on any atom is -0.248 e. The zero-order valence-corrected chi connectivity index (χ0v) is 9.70. The lowest BCUT2D eigenvalue weighted by molar-refractivity contribution is 0.668. The third-order valence-corrected chi connectivity index (χ3v) is 3.74. The summed E-state index contributed by atoms with van der Waals surface area (Å²) in [4.78, 5) is 0.690. The van der Waals surface area contributed by atoms with Crippen LogP contribution in [-0.2, 0) is 9.71 Å². The molecule has 1 N–H and O–H groups in total. The van der Waals surface area contributed by atoms with Gasteiger partial charge in [-0.2, -0.15) is 0 Å². The normalized spacial score (nSPS) is 15.0. The van der Waals surface area contributed by atoms with Gasteiger partial charge >= 0.3 is 0 Å². The molecule has 0 aliphatic rings. The molecule has 1 aromatic carbocycles. The Morgan fingerprint density at radius 2 is 2.00 bits per heavy atom. The van der Waals surface area contributed by atoms with Crippen LogP contribution >= 0.6 is 11.6 Å². The first-order chi connectivity index (χ1) is 6.56. The van der Waals surface area contributed by atoms with Gasteiger partial charge in [-0.05, 0) is 36.6 Å². The highest BCUT2D eigenvalue weighted by Gasteiger charge is 2.05. The number of hydrogen-bond donors (Lipinski definition) is 1. The van der Waals surface area contributed by atoms with Crippen molar-refractivity contribution in [3.05, 3.63) is 29.3 Å². The van der Waals surface area contributed by atoms with Crippen LogP contribution in [0.3, 0.4) is 0 Å². The van der Waals surface area contributed by atoms with Crippen LogP contribution < -0.4 is 4.72 Å². The Balaban J connectivity index is 2.87. The zero-order chi connectivity index (χ0) is 10.6. The van der Waals surface area contributed by atoms with Crippen molar-refractivity contribution in [1.29, 1.82) is 0 Å². The predicted molar refractivity (Wildman–Crippen MR) is 63.3 cm³/mol. The number of halogens is 1. The molecule has 0 aromatic heterocycles. The maximum absolute atomic E-state index is 12.0. The maximum atomic E-state index is 12.0. The van der Waals surface area contributed by atoms with Gasteiger partial charge in [-0.25, -0.2) is 8.93 Å². The molecule has 1 unspecified atom stereocenters. The monoisotopic (exact) mass is 231 g/mol. The molecule has 14 heavy (non-hydrogen) atoms. The average Bonchev–Trinajstić information content (AvgIpc) is 2.16. The van der Waals surface area contributed by atoms with E-state index in [-0.39, 0.29) is 0 Å². The van der Waals surface area contributed by atoms with Gasteiger partial charge in [0.15, 0.2) is 0 Å². The molecule has 0 aliphatic carbocycles. The molecule has 0 heterocycles. The van der Waals surface area contributed by atoms with Crippen molar-refractivity contribution in [3.8, 4) is 0 Å². The van der Waals surface area contributed by atoms with Gasteiger partial charge < -0.3 is 0 Å². The summed E-state index contributed by atoms with van der Waals surface area (Å²) in [5, 5.41) is 0.638. The molecule has 1 atom stereocenters. The first kappa shape index (κ1) is 11.6. The molecule has 2 nitrogen and oxygen atoms in total. The van der Waals surface area contributed by atoms with E-state index in [0.29, 0.717) is 16.5 Å². The summed E-state index contributed by atoms with van der Waals surface area (Å²) in [6, 6.07) is 6.91. The van der Waals surface area contributed by atoms with E-state index in [2.05, 4.69) is 10.6 Å². The van der Waals surface area contributed by atoms with E-state index in [0.717, 1.165) is 6.42 Å². The molecule has 0 bridgehead atoms. The van der Waals surface area contributed by atoms with Crippen LogP contribution in [-0.4, -0.2) is 16.6 Å². The second kappa shape index (κ2) is 4.82. The summed E-state index contributed by atoms with van der Waals surface area (Å²) in [6.07, 6.45) is 0.931. The molecule has 0 radical (unpaired) electrons. The molecule has 0 spiro atoms. The van der Waals surface area contributed by atoms with Gasteiger partial charge in [0.05, 0.1) is 9.71 Å². The fourth-order valence-electron chi connectivity index (χ4n) is 1.00. The minimum atomic E-state index is -2.35. The summed E-state index contributed by atoms with van der Waals surface area (Å²) < 4.78 is 14.9. The van der Waals surface area contributed by atoms with Crippen LogP contribution in [0.5, 0.6) is 0 Å². The van der Waals surface area contributed by atoms with Gasteiger partial charge in [0.2, 0.25) is 0 Å². The Kier molecular flexibility index (Phi) is 3.98. The van der Waals surface area contributed by atoms with E-state index in [1.165, 1.54) is 0 Å². The fraction of sp³-hybridized carbons (Fsp3) is 0.300. The molecule has 0 fully saturated rings. The van der Waals surface area contributed by atoms with E-state index >= 15 is 0 Å². The summed E-state index contributed by atoms with van der Waals surface area (Å²) in [5.41, 5.74) is 0. The first-order valence-electron chi connectivity index (χ1n) is 4.43. The van der Waals surface area contributed by atoms with Gasteiger partial charge in [0.25, 0.3) is 0 Å². The second-order valence-corrected chi connectivity index (χ2v) is 5.57. The van der Waals surface area contributed by atoms with Gasteiger partial charge in [-0.1, -0.05) is 18.5 Å². The Bertz CT molecular complexity index is 383. The Morgan fingerprint density at radius 1 is 1.43 bits per heavy atom. The SMILES string of the molecule is C=S(=O)(NCCC)c1ccc(Cl)cc1. The quantitative estimate of drug-likeness (QED) is 0.792. The molecule has 1 aromatic rings. The van der Waals surface area contributed by atoms with Crippen molar-refractivity contribution >= 4 is 27.2 Å². The molecule has 1 rings (SSSR count). The third kappa shape index (κ3) is 3.01. The fourth-order valence-corrected chi connectivity index (χ4v) is 2.41. The molecule has 0 aliphatic heterocycles. The molecule has 0 saturated carbocycles. The van der Waals surface area contributed by atoms with E-state index < -0.39 is 9.71 Å². The minimum absolute atomic E-state index is 0.638. The van der Waals surface area contributed by atoms with Gasteiger partial charge in [0, 0.05) is 16.5 Å². The predicted octanol–water partition coefficient (Wildman–Crippen LogP) is 2.33. The van der Waals surface area contributed by atoms with Crippen LogP contribution in [0.15, 0.2) is 29.2 Å². The Labute approximate surface area is 90.4 Å². The first-order valence-corrected chi connectivity index (χ1v) is 6.54. The lowest BCUT2D eigenvalue weighted by Gasteiger charge is -2.10. The van der Waals surface area contributed by atoms with Crippen molar-refractivity contribution in [3.63, 3.8) is 0 Å². The van der Waals surface area contributed by atoms with Crippen molar-refractivity contribution < 1.29 is 4.21 Å². The van der Waals surface area contributed by atoms with Gasteiger partial charge in [0.1, 0.15) is 0 Å². The summed E-state index contributed by atoms with van der Waals surface area (Å²) in [6.45, 7) is 2.72. The number of hydrogen-bond acceptors (Lipinski definition) is 1. The smallest absolute Gasteiger partial charge is 0.0533 e. The number of benzene rings is 1. The van der Waals surface area contributed by atoms with Crippen LogP contribution in [0.2, 0.25) is 5.02 Å². The van der Waals surface area contributed by atoms with Crippen LogP contribution in [0, 0.1) is 0 Å². The van der Waals surface area contributed by atoms with E-state index in [1.54, 1.807) is 24.3 Å². The van der Waals surface area contributed by atoms with Crippen molar-refractivity contribution in [2.24, 2.45) is 0 Å². The summed E-state index contributed by atoms with van der Waals surface area (Å²) in [7, 11) is -2.35. The van der Waals surface area contributed by atoms with Gasteiger partial charge in [-0.3, -0.25) is 0 Å². The lowest BCUT2D eigenvalue weighted by atomic mass is 10.4. The topological polar surface area (TPSA) is 29.1 Å². The van der Waals surface area contributed by atoms with Crippen molar-refractivity contribution in [2.45, 2.75) is 18.2 Å². The highest BCUT2D eigenvalue weighted by atomic mass is 35.5. The van der Waals surface area contributed by atoms with Crippen LogP contribution in [0.1, 0.15) is 13.3 Å². The molecule has 0 amide bonds. The summed E-state index contributed by atoms with van der Waals surface area (Å²) >= 11 is 5.73. The molecular weight excluding hydrogens is 218 g/mol. The summed E-state index contributed by atoms with van der Waals surface area (Å²) in [5.74, 6) is 3.68. The highest BCUT2D eigenvalue weighted by Crippen LogP contribution is 2.13. The van der Waals surface area contributed by atoms with E-state index in [9.17, 15) is 4.21 Å². The maximum Gasteiger partial charge on any atom is 0.0533 e. The number of nitrogens with one attached hydrogen (secondary N) is 1. The number of rotatable bonds is 4. The molecule has 78 valence electrons. The lowest BCUT2D eigenvalue weighted by Crippen LogP contribution is -2.24. The Hall–Kier alpha value is -0.510. The van der Waals surface area contributed by atoms with Crippen molar-refractivity contribution in [1.82, 2.24) is 4.72 Å². The van der Waals surface area contributed by atoms with Gasteiger partial charge in [-0.15, -0.1) is 0 Å². The highest BCUT2D eigenvalue weighted by molar-refractivity contribution is 7.98. The largest absolute Gasteiger partial charge is 0.248 e. The van der Waals surface area contributed by atoms with Crippen LogP contribution in [0.25, 0.3) is 0 Å². The van der Waals surface area contributed by atoms with E-state index in [1.807, 2.05) is 6.92 Å².